The third kappa shape index (κ3) is 4.86. The number of pyridine rings is 2. The minimum Gasteiger partial charge on any atom is -0.465 e. The molecule has 3 rings (SSSR count). The fourth-order valence-corrected chi connectivity index (χ4v) is 3.56. The summed E-state index contributed by atoms with van der Waals surface area (Å²) in [5.41, 5.74) is -0.135. The average Bonchev–Trinajstić information content (AvgIpc) is 2.71. The number of piperidine rings is 1. The van der Waals surface area contributed by atoms with Gasteiger partial charge in [0.2, 0.25) is 0 Å². The lowest BCUT2D eigenvalue weighted by atomic mass is 9.95. The molecule has 0 radical (unpaired) electrons. The molecule has 2 aromatic rings. The number of nitrogens with zero attached hydrogens (tertiary/aromatic N) is 3. The Morgan fingerprint density at radius 1 is 1.34 bits per heavy atom. The molecule has 1 saturated heterocycles. The van der Waals surface area contributed by atoms with Crippen LogP contribution >= 0.6 is 15.9 Å². The molecule has 0 aromatic carbocycles. The highest BCUT2D eigenvalue weighted by Crippen LogP contribution is 2.30. The molecule has 3 heterocycles. The average molecular weight is 468 g/mol. The zero-order chi connectivity index (χ0) is 21.0. The molecule has 1 aliphatic heterocycles. The highest BCUT2D eigenvalue weighted by Gasteiger charge is 2.32. The molecule has 2 aromatic heterocycles. The molecule has 2 amide bonds. The lowest BCUT2D eigenvalue weighted by Gasteiger charge is -2.36. The number of carbonyl (C=O) groups excluding carboxylic acids is 1. The molecule has 0 bridgehead atoms. The Balaban J connectivity index is 1.91. The zero-order valence-corrected chi connectivity index (χ0v) is 16.8. The Hall–Kier alpha value is -2.63. The van der Waals surface area contributed by atoms with Gasteiger partial charge in [-0.15, -0.1) is 0 Å². The van der Waals surface area contributed by atoms with Gasteiger partial charge in [0.15, 0.2) is 11.5 Å². The van der Waals surface area contributed by atoms with Crippen LogP contribution in [0.2, 0.25) is 0 Å². The monoisotopic (exact) mass is 467 g/mol. The van der Waals surface area contributed by atoms with Gasteiger partial charge < -0.3 is 20.8 Å². The van der Waals surface area contributed by atoms with Gasteiger partial charge in [0.05, 0.1) is 23.6 Å². The molecule has 1 aliphatic rings. The summed E-state index contributed by atoms with van der Waals surface area (Å²) < 4.78 is 14.3. The maximum Gasteiger partial charge on any atom is 0.412 e. The molecule has 154 valence electrons. The molecule has 11 heteroatoms. The van der Waals surface area contributed by atoms with Crippen molar-refractivity contribution in [3.8, 4) is 0 Å². The van der Waals surface area contributed by atoms with E-state index in [1.54, 1.807) is 0 Å². The van der Waals surface area contributed by atoms with Gasteiger partial charge in [0, 0.05) is 25.9 Å². The van der Waals surface area contributed by atoms with Crippen LogP contribution in [0.3, 0.4) is 0 Å². The number of aromatic nitrogens is 2. The summed E-state index contributed by atoms with van der Waals surface area (Å²) in [7, 11) is 0. The first-order valence-corrected chi connectivity index (χ1v) is 9.61. The second-order valence-electron chi connectivity index (χ2n) is 6.56. The maximum atomic E-state index is 14.0. The van der Waals surface area contributed by atoms with Gasteiger partial charge in [-0.2, -0.15) is 0 Å². The molecule has 0 spiro atoms. The van der Waals surface area contributed by atoms with E-state index < -0.39 is 29.6 Å². The van der Waals surface area contributed by atoms with Crippen molar-refractivity contribution >= 4 is 39.3 Å². The summed E-state index contributed by atoms with van der Waals surface area (Å²) in [4.78, 5) is 33.4. The van der Waals surface area contributed by atoms with E-state index in [4.69, 9.17) is 0 Å². The van der Waals surface area contributed by atoms with E-state index in [0.717, 1.165) is 11.0 Å². The van der Waals surface area contributed by atoms with E-state index in [9.17, 15) is 24.2 Å². The first-order chi connectivity index (χ1) is 13.9. The summed E-state index contributed by atoms with van der Waals surface area (Å²) in [6.07, 6.45) is 1.93. The number of hydrogen-bond acceptors (Lipinski definition) is 6. The lowest BCUT2D eigenvalue weighted by molar-refractivity contribution is 0.101. The SMILES string of the molecule is O=C(Nc1cnccc1N(C(=O)O)C1CNCC(CO)C1)c1nc(Br)ccc1F. The molecule has 4 N–H and O–H groups in total. The Morgan fingerprint density at radius 2 is 2.14 bits per heavy atom. The first kappa shape index (κ1) is 21.1. The number of amides is 2. The molecule has 9 nitrogen and oxygen atoms in total. The third-order valence-corrected chi connectivity index (χ3v) is 5.02. The number of halogens is 2. The van der Waals surface area contributed by atoms with Crippen molar-refractivity contribution in [3.63, 3.8) is 0 Å². The van der Waals surface area contributed by atoms with Crippen LogP contribution in [0.4, 0.5) is 20.6 Å². The van der Waals surface area contributed by atoms with Crippen molar-refractivity contribution < 1.29 is 24.2 Å². The Morgan fingerprint density at radius 3 is 2.86 bits per heavy atom. The van der Waals surface area contributed by atoms with Gasteiger partial charge in [-0.25, -0.2) is 14.2 Å². The van der Waals surface area contributed by atoms with Crippen molar-refractivity contribution in [2.45, 2.75) is 12.5 Å². The predicted octanol–water partition coefficient (Wildman–Crippen LogP) is 2.09. The smallest absolute Gasteiger partial charge is 0.412 e. The minimum atomic E-state index is -1.22. The third-order valence-electron chi connectivity index (χ3n) is 4.58. The van der Waals surface area contributed by atoms with Crippen LogP contribution in [0.1, 0.15) is 16.9 Å². The van der Waals surface area contributed by atoms with Crippen LogP contribution in [0.5, 0.6) is 0 Å². The summed E-state index contributed by atoms with van der Waals surface area (Å²) in [5.74, 6) is -1.73. The fraction of sp³-hybridized carbons (Fsp3) is 0.333. The second-order valence-corrected chi connectivity index (χ2v) is 7.37. The lowest BCUT2D eigenvalue weighted by Crippen LogP contribution is -2.52. The van der Waals surface area contributed by atoms with Gasteiger partial charge in [0.1, 0.15) is 4.60 Å². The van der Waals surface area contributed by atoms with E-state index in [-0.39, 0.29) is 28.5 Å². The van der Waals surface area contributed by atoms with Crippen LogP contribution in [0.25, 0.3) is 0 Å². The van der Waals surface area contributed by atoms with E-state index in [1.807, 2.05) is 0 Å². The van der Waals surface area contributed by atoms with Crippen molar-refractivity contribution in [1.82, 2.24) is 15.3 Å². The Bertz CT molecular complexity index is 916. The molecule has 1 fully saturated rings. The minimum absolute atomic E-state index is 0.0648. The van der Waals surface area contributed by atoms with Crippen molar-refractivity contribution in [3.05, 3.63) is 46.7 Å². The standard InChI is InChI=1S/C18H19BrFN5O4/c19-15-2-1-12(20)16(24-15)17(27)23-13-8-21-4-3-14(13)25(18(28)29)11-5-10(9-26)6-22-7-11/h1-4,8,10-11,22,26H,5-7,9H2,(H,23,27)(H,28,29). The van der Waals surface area contributed by atoms with Crippen LogP contribution < -0.4 is 15.5 Å². The second kappa shape index (κ2) is 9.25. The highest BCUT2D eigenvalue weighted by atomic mass is 79.9. The molecular formula is C18H19BrFN5O4. The van der Waals surface area contributed by atoms with E-state index in [2.05, 4.69) is 36.5 Å². The largest absolute Gasteiger partial charge is 0.465 e. The van der Waals surface area contributed by atoms with Gasteiger partial charge in [-0.05, 0) is 46.5 Å². The number of rotatable bonds is 5. The van der Waals surface area contributed by atoms with Crippen molar-refractivity contribution in [1.29, 1.82) is 0 Å². The molecule has 0 saturated carbocycles. The van der Waals surface area contributed by atoms with Gasteiger partial charge in [-0.3, -0.25) is 14.7 Å². The summed E-state index contributed by atoms with van der Waals surface area (Å²) in [6.45, 7) is 0.916. The molecule has 2 unspecified atom stereocenters. The van der Waals surface area contributed by atoms with E-state index in [1.165, 1.54) is 24.5 Å². The maximum absolute atomic E-state index is 14.0. The van der Waals surface area contributed by atoms with Crippen LogP contribution in [-0.2, 0) is 0 Å². The number of carboxylic acid groups (broad SMARTS) is 1. The number of carbonyl (C=O) groups is 2. The summed E-state index contributed by atoms with van der Waals surface area (Å²) >= 11 is 3.09. The van der Waals surface area contributed by atoms with Crippen LogP contribution in [-0.4, -0.2) is 57.9 Å². The number of nitrogens with one attached hydrogen (secondary N) is 2. The molecule has 29 heavy (non-hydrogen) atoms. The quantitative estimate of drug-likeness (QED) is 0.495. The molecule has 2 atom stereocenters. The van der Waals surface area contributed by atoms with E-state index in [0.29, 0.717) is 19.5 Å². The van der Waals surface area contributed by atoms with Crippen LogP contribution in [0.15, 0.2) is 35.2 Å². The van der Waals surface area contributed by atoms with E-state index >= 15 is 0 Å². The Labute approximate surface area is 174 Å². The van der Waals surface area contributed by atoms with Gasteiger partial charge in [-0.1, -0.05) is 0 Å². The summed E-state index contributed by atoms with van der Waals surface area (Å²) in [5, 5.41) is 24.8. The number of anilines is 2. The van der Waals surface area contributed by atoms with Crippen LogP contribution in [0, 0.1) is 11.7 Å². The summed E-state index contributed by atoms with van der Waals surface area (Å²) in [6, 6.07) is 3.46. The van der Waals surface area contributed by atoms with Gasteiger partial charge in [0.25, 0.3) is 5.91 Å². The predicted molar refractivity (Wildman–Crippen MR) is 106 cm³/mol. The van der Waals surface area contributed by atoms with Crippen molar-refractivity contribution in [2.75, 3.05) is 29.9 Å². The normalized spacial score (nSPS) is 18.9. The number of aliphatic hydroxyl groups excluding tert-OH is 1. The number of hydrogen-bond donors (Lipinski definition) is 4. The topological polar surface area (TPSA) is 128 Å². The van der Waals surface area contributed by atoms with Crippen molar-refractivity contribution in [2.24, 2.45) is 5.92 Å². The van der Waals surface area contributed by atoms with Gasteiger partial charge >= 0.3 is 6.09 Å². The Kier molecular flexibility index (Phi) is 6.72. The zero-order valence-electron chi connectivity index (χ0n) is 15.2. The molecule has 0 aliphatic carbocycles. The number of aliphatic hydroxyl groups is 1. The highest BCUT2D eigenvalue weighted by molar-refractivity contribution is 9.10. The molecular weight excluding hydrogens is 449 g/mol. The first-order valence-electron chi connectivity index (χ1n) is 8.81. The fourth-order valence-electron chi connectivity index (χ4n) is 3.25.